The molecule has 0 amide bonds. The van der Waals surface area contributed by atoms with Gasteiger partial charge in [0.2, 0.25) is 0 Å². The maximum atomic E-state index is 10.6. The smallest absolute Gasteiger partial charge is 0.303 e. The summed E-state index contributed by atoms with van der Waals surface area (Å²) in [6.45, 7) is 3.02. The van der Waals surface area contributed by atoms with Gasteiger partial charge in [0.05, 0.1) is 6.26 Å². The van der Waals surface area contributed by atoms with Crippen LogP contribution in [0, 0.1) is 0 Å². The summed E-state index contributed by atoms with van der Waals surface area (Å²) in [5.41, 5.74) is 0. The minimum absolute atomic E-state index is 0.334. The first-order valence-electron chi connectivity index (χ1n) is 3.78. The van der Waals surface area contributed by atoms with Crippen LogP contribution in [0.2, 0.25) is 0 Å². The molecule has 0 bridgehead atoms. The van der Waals surface area contributed by atoms with Crippen molar-refractivity contribution in [1.82, 2.24) is 0 Å². The molecule has 1 aliphatic rings. The van der Waals surface area contributed by atoms with Gasteiger partial charge in [0.25, 0.3) is 0 Å². The number of aliphatic hydroxyl groups excluding tert-OH is 1. The summed E-state index contributed by atoms with van der Waals surface area (Å²) in [4.78, 5) is 10.6. The number of esters is 1. The van der Waals surface area contributed by atoms with Gasteiger partial charge in [-0.2, -0.15) is 0 Å². The molecule has 1 rings (SSSR count). The fraction of sp³-hybridized carbons (Fsp3) is 0.625. The fourth-order valence-electron chi connectivity index (χ4n) is 1.01. The lowest BCUT2D eigenvalue weighted by molar-refractivity contribution is -0.154. The molecular weight excluding hydrogens is 160 g/mol. The number of hydrogen-bond acceptors (Lipinski definition) is 4. The minimum Gasteiger partial charge on any atom is -0.496 e. The monoisotopic (exact) mass is 172 g/mol. The first-order chi connectivity index (χ1) is 5.61. The van der Waals surface area contributed by atoms with Crippen molar-refractivity contribution in [3.8, 4) is 0 Å². The van der Waals surface area contributed by atoms with Crippen LogP contribution in [0.3, 0.4) is 0 Å². The molecule has 0 radical (unpaired) electrons. The van der Waals surface area contributed by atoms with E-state index < -0.39 is 18.2 Å². The molecule has 0 spiro atoms. The molecule has 0 aromatic rings. The van der Waals surface area contributed by atoms with E-state index in [2.05, 4.69) is 0 Å². The Kier molecular flexibility index (Phi) is 2.70. The van der Waals surface area contributed by atoms with Gasteiger partial charge >= 0.3 is 5.97 Å². The van der Waals surface area contributed by atoms with Crippen LogP contribution in [0.5, 0.6) is 0 Å². The van der Waals surface area contributed by atoms with Crippen LogP contribution in [0.4, 0.5) is 0 Å². The lowest BCUT2D eigenvalue weighted by Gasteiger charge is -2.28. The van der Waals surface area contributed by atoms with Crippen LogP contribution in [-0.2, 0) is 14.3 Å². The van der Waals surface area contributed by atoms with Crippen molar-refractivity contribution >= 4 is 5.97 Å². The van der Waals surface area contributed by atoms with Crippen molar-refractivity contribution in [3.63, 3.8) is 0 Å². The molecule has 0 aromatic carbocycles. The number of carbonyl (C=O) groups is 1. The molecule has 1 heterocycles. The van der Waals surface area contributed by atoms with E-state index in [-0.39, 0.29) is 6.10 Å². The van der Waals surface area contributed by atoms with Gasteiger partial charge in [-0.1, -0.05) is 0 Å². The summed E-state index contributed by atoms with van der Waals surface area (Å²) in [7, 11) is 0. The number of carbonyl (C=O) groups excluding carboxylic acids is 1. The molecule has 68 valence electrons. The van der Waals surface area contributed by atoms with E-state index in [1.54, 1.807) is 6.92 Å². The van der Waals surface area contributed by atoms with Gasteiger partial charge in [0.1, 0.15) is 12.2 Å². The predicted octanol–water partition coefficient (Wildman–Crippen LogP) is 0.211. The Morgan fingerprint density at radius 1 is 1.67 bits per heavy atom. The Hall–Kier alpha value is -1.03. The Labute approximate surface area is 70.8 Å². The summed E-state index contributed by atoms with van der Waals surface area (Å²) < 4.78 is 9.80. The summed E-state index contributed by atoms with van der Waals surface area (Å²) in [5.74, 6) is -0.405. The molecule has 0 aliphatic carbocycles. The zero-order valence-electron chi connectivity index (χ0n) is 7.06. The van der Waals surface area contributed by atoms with Crippen LogP contribution in [0.1, 0.15) is 13.8 Å². The zero-order chi connectivity index (χ0) is 9.14. The topological polar surface area (TPSA) is 55.8 Å². The largest absolute Gasteiger partial charge is 0.496 e. The van der Waals surface area contributed by atoms with Gasteiger partial charge in [0, 0.05) is 6.92 Å². The Balaban J connectivity index is 2.57. The lowest BCUT2D eigenvalue weighted by atomic mass is 10.1. The number of aliphatic hydroxyl groups is 1. The molecule has 4 heteroatoms. The normalized spacial score (nSPS) is 34.1. The molecule has 1 aliphatic heterocycles. The average molecular weight is 172 g/mol. The Morgan fingerprint density at radius 2 is 2.33 bits per heavy atom. The SMILES string of the molecule is CC(=O)O[C@@H]1C=CO[C@@H](C)[C@@H]1O. The van der Waals surface area contributed by atoms with Gasteiger partial charge in [-0.05, 0) is 13.0 Å². The zero-order valence-corrected chi connectivity index (χ0v) is 7.06. The molecule has 0 aromatic heterocycles. The summed E-state index contributed by atoms with van der Waals surface area (Å²) >= 11 is 0. The van der Waals surface area contributed by atoms with E-state index >= 15 is 0 Å². The highest BCUT2D eigenvalue weighted by molar-refractivity contribution is 5.66. The van der Waals surface area contributed by atoms with Crippen molar-refractivity contribution in [3.05, 3.63) is 12.3 Å². The minimum atomic E-state index is -0.779. The molecule has 4 nitrogen and oxygen atoms in total. The average Bonchev–Trinajstić information content (AvgIpc) is 1.98. The quantitative estimate of drug-likeness (QED) is 0.574. The van der Waals surface area contributed by atoms with Crippen molar-refractivity contribution in [2.24, 2.45) is 0 Å². The first-order valence-corrected chi connectivity index (χ1v) is 3.78. The molecule has 0 fully saturated rings. The van der Waals surface area contributed by atoms with Crippen LogP contribution >= 0.6 is 0 Å². The van der Waals surface area contributed by atoms with E-state index in [9.17, 15) is 9.90 Å². The maximum absolute atomic E-state index is 10.6. The van der Waals surface area contributed by atoms with Crippen LogP contribution in [0.25, 0.3) is 0 Å². The second-order valence-electron chi connectivity index (χ2n) is 2.73. The third-order valence-electron chi connectivity index (χ3n) is 1.68. The number of rotatable bonds is 1. The molecule has 0 saturated carbocycles. The highest BCUT2D eigenvalue weighted by atomic mass is 16.6. The highest BCUT2D eigenvalue weighted by Gasteiger charge is 2.28. The van der Waals surface area contributed by atoms with Gasteiger partial charge in [-0.3, -0.25) is 4.79 Å². The standard InChI is InChI=1S/C8H12O4/c1-5-8(10)7(3-4-11-5)12-6(2)9/h3-5,7-8,10H,1-2H3/t5-,7+,8-/m0/s1. The van der Waals surface area contributed by atoms with Gasteiger partial charge in [0.15, 0.2) is 6.10 Å². The Bertz CT molecular complexity index is 199. The van der Waals surface area contributed by atoms with Gasteiger partial charge in [-0.25, -0.2) is 0 Å². The molecular formula is C8H12O4. The van der Waals surface area contributed by atoms with E-state index in [1.807, 2.05) is 0 Å². The second-order valence-corrected chi connectivity index (χ2v) is 2.73. The van der Waals surface area contributed by atoms with Crippen molar-refractivity contribution in [1.29, 1.82) is 0 Å². The van der Waals surface area contributed by atoms with Crippen LogP contribution in [0.15, 0.2) is 12.3 Å². The van der Waals surface area contributed by atoms with Gasteiger partial charge < -0.3 is 14.6 Å². The van der Waals surface area contributed by atoms with Crippen molar-refractivity contribution in [2.75, 3.05) is 0 Å². The lowest BCUT2D eigenvalue weighted by Crippen LogP contribution is -2.40. The fourth-order valence-corrected chi connectivity index (χ4v) is 1.01. The van der Waals surface area contributed by atoms with Crippen LogP contribution < -0.4 is 0 Å². The van der Waals surface area contributed by atoms with E-state index in [1.165, 1.54) is 19.3 Å². The summed E-state index contributed by atoms with van der Waals surface area (Å²) in [6.07, 6.45) is 1.27. The summed E-state index contributed by atoms with van der Waals surface area (Å²) in [5, 5.41) is 9.43. The van der Waals surface area contributed by atoms with E-state index in [0.717, 1.165) is 0 Å². The maximum Gasteiger partial charge on any atom is 0.303 e. The van der Waals surface area contributed by atoms with E-state index in [0.29, 0.717) is 0 Å². The predicted molar refractivity (Wildman–Crippen MR) is 41.2 cm³/mol. The third-order valence-corrected chi connectivity index (χ3v) is 1.68. The third kappa shape index (κ3) is 1.98. The van der Waals surface area contributed by atoms with E-state index in [4.69, 9.17) is 9.47 Å². The molecule has 0 saturated heterocycles. The molecule has 0 unspecified atom stereocenters. The number of ether oxygens (including phenoxy) is 2. The second kappa shape index (κ2) is 3.58. The summed E-state index contributed by atoms with van der Waals surface area (Å²) in [6, 6.07) is 0. The highest BCUT2D eigenvalue weighted by Crippen LogP contribution is 2.14. The van der Waals surface area contributed by atoms with Crippen LogP contribution in [-0.4, -0.2) is 29.4 Å². The Morgan fingerprint density at radius 3 is 2.92 bits per heavy atom. The van der Waals surface area contributed by atoms with Crippen molar-refractivity contribution < 1.29 is 19.4 Å². The molecule has 12 heavy (non-hydrogen) atoms. The molecule has 3 atom stereocenters. The first kappa shape index (κ1) is 9.06. The molecule has 1 N–H and O–H groups in total. The number of hydrogen-bond donors (Lipinski definition) is 1. The van der Waals surface area contributed by atoms with Crippen molar-refractivity contribution in [2.45, 2.75) is 32.2 Å². The van der Waals surface area contributed by atoms with Gasteiger partial charge in [-0.15, -0.1) is 0 Å².